The minimum atomic E-state index is -4.53. The molecule has 1 N–H and O–H groups in total. The average molecular weight is 588 g/mol. The quantitative estimate of drug-likeness (QED) is 0.443. The number of aromatic nitrogens is 3. The van der Waals surface area contributed by atoms with Gasteiger partial charge >= 0.3 is 12.3 Å². The summed E-state index contributed by atoms with van der Waals surface area (Å²) in [6.45, 7) is 5.40. The van der Waals surface area contributed by atoms with Gasteiger partial charge in [-0.1, -0.05) is 17.4 Å². The number of halogens is 3. The first-order valence-electron chi connectivity index (χ1n) is 11.9. The second-order valence-corrected chi connectivity index (χ2v) is 12.2. The summed E-state index contributed by atoms with van der Waals surface area (Å²) in [6, 6.07) is 3.66. The lowest BCUT2D eigenvalue weighted by Crippen LogP contribution is -2.50. The monoisotopic (exact) mass is 587 g/mol. The molecule has 3 heterocycles. The largest absolute Gasteiger partial charge is 0.452 e. The fraction of sp³-hybridized carbons (Fsp3) is 0.478. The molecule has 1 atom stereocenters. The molecule has 1 amide bonds. The zero-order valence-corrected chi connectivity index (χ0v) is 23.3. The SMILES string of the molecule is COC(=O)N(C)c1nc(C)c(S(=O)(=O)N2CCN(C[C@H](C)Nc3ncnc4c(C(F)(F)F)cccc34)CC2)s1. The maximum Gasteiger partial charge on any atom is 0.418 e. The van der Waals surface area contributed by atoms with E-state index in [1.807, 2.05) is 6.92 Å². The molecule has 3 aromatic rings. The van der Waals surface area contributed by atoms with Crippen LogP contribution in [0, 0.1) is 6.92 Å². The van der Waals surface area contributed by atoms with Gasteiger partial charge in [-0.15, -0.1) is 0 Å². The van der Waals surface area contributed by atoms with Crippen LogP contribution in [0.2, 0.25) is 0 Å². The van der Waals surface area contributed by atoms with Gasteiger partial charge in [0.2, 0.25) is 0 Å². The number of nitrogens with zero attached hydrogens (tertiary/aromatic N) is 6. The topological polar surface area (TPSA) is 121 Å². The molecule has 39 heavy (non-hydrogen) atoms. The van der Waals surface area contributed by atoms with E-state index in [4.69, 9.17) is 0 Å². The van der Waals surface area contributed by atoms with Gasteiger partial charge in [0, 0.05) is 51.2 Å². The van der Waals surface area contributed by atoms with Crippen molar-refractivity contribution in [1.29, 1.82) is 0 Å². The minimum absolute atomic E-state index is 0.0746. The Balaban J connectivity index is 1.39. The Bertz CT molecular complexity index is 1460. The van der Waals surface area contributed by atoms with E-state index in [0.29, 0.717) is 31.1 Å². The number of para-hydroxylation sites is 1. The molecule has 0 radical (unpaired) electrons. The number of methoxy groups -OCH3 is 1. The number of piperazine rings is 1. The molecule has 0 unspecified atom stereocenters. The van der Waals surface area contributed by atoms with Crippen LogP contribution in [0.25, 0.3) is 10.9 Å². The Labute approximate surface area is 227 Å². The lowest BCUT2D eigenvalue weighted by atomic mass is 10.1. The third kappa shape index (κ3) is 6.08. The summed E-state index contributed by atoms with van der Waals surface area (Å²) in [5, 5.41) is 3.66. The number of nitrogens with one attached hydrogen (secondary N) is 1. The zero-order valence-electron chi connectivity index (χ0n) is 21.7. The summed E-state index contributed by atoms with van der Waals surface area (Å²) in [5.74, 6) is 0.299. The molecule has 4 rings (SSSR count). The number of amides is 1. The zero-order chi connectivity index (χ0) is 28.5. The van der Waals surface area contributed by atoms with E-state index >= 15 is 0 Å². The van der Waals surface area contributed by atoms with Gasteiger partial charge in [-0.05, 0) is 26.0 Å². The number of ether oxygens (including phenoxy) is 1. The van der Waals surface area contributed by atoms with E-state index in [1.165, 1.54) is 24.5 Å². The first-order valence-corrected chi connectivity index (χ1v) is 14.2. The van der Waals surface area contributed by atoms with Gasteiger partial charge in [-0.2, -0.15) is 17.5 Å². The number of benzene rings is 1. The van der Waals surface area contributed by atoms with Crippen LogP contribution in [-0.4, -0.2) is 91.6 Å². The first kappa shape index (κ1) is 28.9. The Hall–Kier alpha value is -3.08. The maximum absolute atomic E-state index is 13.4. The van der Waals surface area contributed by atoms with Crippen LogP contribution in [0.4, 0.5) is 28.9 Å². The highest BCUT2D eigenvalue weighted by Crippen LogP contribution is 2.35. The first-order chi connectivity index (χ1) is 18.3. The smallest absolute Gasteiger partial charge is 0.418 e. The third-order valence-corrected chi connectivity index (χ3v) is 9.99. The van der Waals surface area contributed by atoms with E-state index in [1.54, 1.807) is 13.0 Å². The van der Waals surface area contributed by atoms with E-state index in [-0.39, 0.29) is 39.4 Å². The molecule has 1 fully saturated rings. The summed E-state index contributed by atoms with van der Waals surface area (Å²) in [4.78, 5) is 27.2. The number of hydrogen-bond acceptors (Lipinski definition) is 10. The number of hydrogen-bond donors (Lipinski definition) is 1. The summed E-state index contributed by atoms with van der Waals surface area (Å²) in [6.07, 6.45) is -4.08. The van der Waals surface area contributed by atoms with Crippen molar-refractivity contribution < 1.29 is 31.1 Å². The third-order valence-electron chi connectivity index (χ3n) is 6.27. The molecule has 1 aromatic carbocycles. The van der Waals surface area contributed by atoms with Crippen molar-refractivity contribution in [2.75, 3.05) is 57.1 Å². The summed E-state index contributed by atoms with van der Waals surface area (Å²) in [5.41, 5.74) is -0.694. The highest BCUT2D eigenvalue weighted by molar-refractivity contribution is 7.91. The predicted octanol–water partition coefficient (Wildman–Crippen LogP) is 3.42. The molecule has 11 nitrogen and oxygen atoms in total. The van der Waals surface area contributed by atoms with Crippen molar-refractivity contribution in [3.05, 3.63) is 35.8 Å². The van der Waals surface area contributed by atoms with Crippen molar-refractivity contribution >= 4 is 49.3 Å². The molecular formula is C23H28F3N7O4S2. The van der Waals surface area contributed by atoms with Crippen molar-refractivity contribution in [2.45, 2.75) is 30.3 Å². The lowest BCUT2D eigenvalue weighted by Gasteiger charge is -2.35. The van der Waals surface area contributed by atoms with Crippen LogP contribution in [0.1, 0.15) is 18.2 Å². The highest BCUT2D eigenvalue weighted by Gasteiger charge is 2.35. The second kappa shape index (κ2) is 11.2. The number of anilines is 2. The van der Waals surface area contributed by atoms with Gasteiger partial charge in [0.25, 0.3) is 10.0 Å². The van der Waals surface area contributed by atoms with Crippen LogP contribution in [0.3, 0.4) is 0 Å². The molecule has 0 aliphatic carbocycles. The molecular weight excluding hydrogens is 559 g/mol. The van der Waals surface area contributed by atoms with Gasteiger partial charge < -0.3 is 10.1 Å². The number of carbonyl (C=O) groups excluding carboxylic acids is 1. The molecule has 0 saturated carbocycles. The summed E-state index contributed by atoms with van der Waals surface area (Å²) >= 11 is 0.906. The minimum Gasteiger partial charge on any atom is -0.452 e. The molecule has 212 valence electrons. The van der Waals surface area contributed by atoms with Crippen LogP contribution >= 0.6 is 11.3 Å². The van der Waals surface area contributed by atoms with Crippen LogP contribution < -0.4 is 10.2 Å². The number of thiazole rings is 1. The molecule has 0 spiro atoms. The number of sulfonamides is 1. The van der Waals surface area contributed by atoms with E-state index in [9.17, 15) is 26.4 Å². The highest BCUT2D eigenvalue weighted by atomic mass is 32.2. The van der Waals surface area contributed by atoms with Crippen molar-refractivity contribution in [1.82, 2.24) is 24.2 Å². The Morgan fingerprint density at radius 1 is 1.23 bits per heavy atom. The second-order valence-electron chi connectivity index (χ2n) is 9.07. The van der Waals surface area contributed by atoms with Gasteiger partial charge in [0.15, 0.2) is 9.34 Å². The normalized spacial score (nSPS) is 16.3. The molecule has 1 aliphatic heterocycles. The number of fused-ring (bicyclic) bond motifs is 1. The Morgan fingerprint density at radius 2 is 1.92 bits per heavy atom. The number of carbonyl (C=O) groups is 1. The van der Waals surface area contributed by atoms with Crippen molar-refractivity contribution in [3.63, 3.8) is 0 Å². The molecule has 0 bridgehead atoms. The van der Waals surface area contributed by atoms with E-state index in [2.05, 4.69) is 29.9 Å². The van der Waals surface area contributed by atoms with Crippen LogP contribution in [0.15, 0.2) is 28.7 Å². The molecule has 1 saturated heterocycles. The average Bonchev–Trinajstić information content (AvgIpc) is 3.29. The van der Waals surface area contributed by atoms with Crippen molar-refractivity contribution in [2.24, 2.45) is 0 Å². The summed E-state index contributed by atoms with van der Waals surface area (Å²) < 4.78 is 72.9. The Kier molecular flexibility index (Phi) is 8.30. The molecule has 1 aliphatic rings. The molecule has 16 heteroatoms. The van der Waals surface area contributed by atoms with Crippen LogP contribution in [-0.2, 0) is 20.9 Å². The molecule has 2 aromatic heterocycles. The standard InChI is InChI=1S/C23H28F3N7O4S2/c1-14(29-19-16-6-5-7-17(23(24,25)26)18(16)27-13-28-19)12-32-8-10-33(11-9-32)39(35,36)20-15(2)30-21(38-20)31(3)22(34)37-4/h5-7,13-14H,8-12H2,1-4H3,(H,27,28,29)/t14-/m0/s1. The van der Waals surface area contributed by atoms with Crippen molar-refractivity contribution in [3.8, 4) is 0 Å². The summed E-state index contributed by atoms with van der Waals surface area (Å²) in [7, 11) is -1.14. The maximum atomic E-state index is 13.4. The Morgan fingerprint density at radius 3 is 2.56 bits per heavy atom. The predicted molar refractivity (Wildman–Crippen MR) is 140 cm³/mol. The number of alkyl halides is 3. The van der Waals surface area contributed by atoms with Gasteiger partial charge in [-0.25, -0.2) is 28.2 Å². The van der Waals surface area contributed by atoms with E-state index < -0.39 is 27.9 Å². The van der Waals surface area contributed by atoms with E-state index in [0.717, 1.165) is 28.6 Å². The van der Waals surface area contributed by atoms with Crippen LogP contribution in [0.5, 0.6) is 0 Å². The number of rotatable bonds is 7. The van der Waals surface area contributed by atoms with Gasteiger partial charge in [-0.3, -0.25) is 9.80 Å². The number of aryl methyl sites for hydroxylation is 1. The fourth-order valence-corrected chi connectivity index (χ4v) is 7.35. The fourth-order valence-electron chi connectivity index (χ4n) is 4.33. The lowest BCUT2D eigenvalue weighted by molar-refractivity contribution is -0.136. The van der Waals surface area contributed by atoms with Gasteiger partial charge in [0.1, 0.15) is 12.1 Å². The van der Waals surface area contributed by atoms with Gasteiger partial charge in [0.05, 0.1) is 23.9 Å².